The van der Waals surface area contributed by atoms with Crippen molar-refractivity contribution < 1.29 is 4.74 Å². The first kappa shape index (κ1) is 17.9. The average Bonchev–Trinajstić information content (AvgIpc) is 3.14. The normalized spacial score (nSPS) is 27.4. The molecule has 1 N–H and O–H groups in total. The molecule has 3 aliphatic rings. The first-order valence-electron chi connectivity index (χ1n) is 8.33. The second-order valence-electron chi connectivity index (χ2n) is 6.22. The van der Waals surface area contributed by atoms with Crippen LogP contribution in [0, 0.1) is 0 Å². The zero-order valence-electron chi connectivity index (χ0n) is 13.9. The van der Waals surface area contributed by atoms with Gasteiger partial charge in [0.25, 0.3) is 0 Å². The van der Waals surface area contributed by atoms with Gasteiger partial charge in [0.15, 0.2) is 0 Å². The van der Waals surface area contributed by atoms with Crippen molar-refractivity contribution in [1.82, 2.24) is 15.1 Å². The molecule has 0 aromatic heterocycles. The SMILES string of the molecule is CN1CCCC1.CN1CCCCC1.COC1CCNC1. The second-order valence-corrected chi connectivity index (χ2v) is 6.22. The third-order valence-electron chi connectivity index (χ3n) is 4.26. The Morgan fingerprint density at radius 3 is 1.55 bits per heavy atom. The summed E-state index contributed by atoms with van der Waals surface area (Å²) in [7, 11) is 6.13. The molecule has 0 aliphatic carbocycles. The lowest BCUT2D eigenvalue weighted by Gasteiger charge is -2.20. The van der Waals surface area contributed by atoms with E-state index in [4.69, 9.17) is 4.74 Å². The molecule has 1 unspecified atom stereocenters. The minimum Gasteiger partial charge on any atom is -0.380 e. The van der Waals surface area contributed by atoms with E-state index in [0.29, 0.717) is 6.10 Å². The third-order valence-corrected chi connectivity index (χ3v) is 4.26. The third kappa shape index (κ3) is 8.90. The number of hydrogen-bond donors (Lipinski definition) is 1. The van der Waals surface area contributed by atoms with Crippen LogP contribution in [0.5, 0.6) is 0 Å². The smallest absolute Gasteiger partial charge is 0.0707 e. The molecule has 0 amide bonds. The fraction of sp³-hybridized carbons (Fsp3) is 1.00. The van der Waals surface area contributed by atoms with Crippen molar-refractivity contribution in [2.75, 3.05) is 60.5 Å². The molecule has 4 heteroatoms. The van der Waals surface area contributed by atoms with Crippen molar-refractivity contribution >= 4 is 0 Å². The Labute approximate surface area is 125 Å². The summed E-state index contributed by atoms with van der Waals surface area (Å²) < 4.78 is 5.05. The summed E-state index contributed by atoms with van der Waals surface area (Å²) in [5.74, 6) is 0. The van der Waals surface area contributed by atoms with Gasteiger partial charge in [0, 0.05) is 13.7 Å². The molecule has 0 aromatic rings. The number of hydrogen-bond acceptors (Lipinski definition) is 4. The maximum Gasteiger partial charge on any atom is 0.0707 e. The zero-order chi connectivity index (χ0) is 14.6. The fourth-order valence-electron chi connectivity index (χ4n) is 2.76. The van der Waals surface area contributed by atoms with Crippen LogP contribution in [-0.2, 0) is 4.74 Å². The summed E-state index contributed by atoms with van der Waals surface area (Å²) in [5, 5.41) is 3.20. The maximum absolute atomic E-state index is 5.05. The van der Waals surface area contributed by atoms with Gasteiger partial charge in [0.1, 0.15) is 0 Å². The monoisotopic (exact) mass is 285 g/mol. The lowest BCUT2D eigenvalue weighted by molar-refractivity contribution is 0.119. The summed E-state index contributed by atoms with van der Waals surface area (Å²) in [5.41, 5.74) is 0. The van der Waals surface area contributed by atoms with Crippen molar-refractivity contribution in [3.05, 3.63) is 0 Å². The molecular weight excluding hydrogens is 250 g/mol. The molecule has 120 valence electrons. The minimum absolute atomic E-state index is 0.486. The zero-order valence-corrected chi connectivity index (χ0v) is 13.9. The maximum atomic E-state index is 5.05. The van der Waals surface area contributed by atoms with Crippen molar-refractivity contribution in [2.45, 2.75) is 44.6 Å². The summed E-state index contributed by atoms with van der Waals surface area (Å²) in [4.78, 5) is 4.75. The van der Waals surface area contributed by atoms with Gasteiger partial charge < -0.3 is 19.9 Å². The van der Waals surface area contributed by atoms with Crippen molar-refractivity contribution in [3.8, 4) is 0 Å². The lowest BCUT2D eigenvalue weighted by Crippen LogP contribution is -2.24. The van der Waals surface area contributed by atoms with Crippen LogP contribution in [0.4, 0.5) is 0 Å². The molecule has 3 aliphatic heterocycles. The summed E-state index contributed by atoms with van der Waals surface area (Å²) in [6.45, 7) is 7.44. The van der Waals surface area contributed by atoms with E-state index in [-0.39, 0.29) is 0 Å². The van der Waals surface area contributed by atoms with Crippen LogP contribution in [0.15, 0.2) is 0 Å². The van der Waals surface area contributed by atoms with E-state index in [0.717, 1.165) is 13.1 Å². The number of likely N-dealkylation sites (tertiary alicyclic amines) is 2. The number of rotatable bonds is 1. The van der Waals surface area contributed by atoms with Crippen LogP contribution < -0.4 is 5.32 Å². The largest absolute Gasteiger partial charge is 0.380 e. The predicted octanol–water partition coefficient (Wildman–Crippen LogP) is 1.81. The van der Waals surface area contributed by atoms with Crippen LogP contribution in [-0.4, -0.2) is 76.4 Å². The van der Waals surface area contributed by atoms with Gasteiger partial charge >= 0.3 is 0 Å². The van der Waals surface area contributed by atoms with Gasteiger partial charge in [-0.05, 0) is 78.9 Å². The molecule has 0 radical (unpaired) electrons. The quantitative estimate of drug-likeness (QED) is 0.795. The number of methoxy groups -OCH3 is 1. The number of ether oxygens (including phenoxy) is 1. The van der Waals surface area contributed by atoms with Gasteiger partial charge in [0.05, 0.1) is 6.10 Å². The first-order chi connectivity index (χ1) is 9.72. The Morgan fingerprint density at radius 2 is 1.35 bits per heavy atom. The standard InChI is InChI=1S/C6H13N.C5H11NO.C5H11N/c1-7-5-3-2-4-6-7;1-7-5-2-3-6-4-5;1-6-4-2-3-5-6/h2-6H2,1H3;5-6H,2-4H2,1H3;2-5H2,1H3. The van der Waals surface area contributed by atoms with Crippen LogP contribution in [0.1, 0.15) is 38.5 Å². The molecule has 0 bridgehead atoms. The minimum atomic E-state index is 0.486. The van der Waals surface area contributed by atoms with E-state index in [1.807, 2.05) is 0 Å². The van der Waals surface area contributed by atoms with Gasteiger partial charge in [0.2, 0.25) is 0 Å². The van der Waals surface area contributed by atoms with Crippen LogP contribution >= 0.6 is 0 Å². The molecule has 3 heterocycles. The first-order valence-corrected chi connectivity index (χ1v) is 8.33. The Kier molecular flexibility index (Phi) is 10.3. The highest BCUT2D eigenvalue weighted by molar-refractivity contribution is 4.69. The van der Waals surface area contributed by atoms with Gasteiger partial charge in [-0.1, -0.05) is 6.42 Å². The second kappa shape index (κ2) is 11.5. The van der Waals surface area contributed by atoms with Crippen molar-refractivity contribution in [1.29, 1.82) is 0 Å². The Hall–Kier alpha value is -0.160. The molecular formula is C16H35N3O. The van der Waals surface area contributed by atoms with E-state index in [1.54, 1.807) is 7.11 Å². The van der Waals surface area contributed by atoms with Gasteiger partial charge in [-0.2, -0.15) is 0 Å². The highest BCUT2D eigenvalue weighted by Gasteiger charge is 2.11. The number of piperidine rings is 1. The average molecular weight is 285 g/mol. The van der Waals surface area contributed by atoms with E-state index in [2.05, 4.69) is 29.2 Å². The van der Waals surface area contributed by atoms with E-state index >= 15 is 0 Å². The fourth-order valence-corrected chi connectivity index (χ4v) is 2.76. The summed E-state index contributed by atoms with van der Waals surface area (Å²) >= 11 is 0. The van der Waals surface area contributed by atoms with E-state index in [9.17, 15) is 0 Å². The summed E-state index contributed by atoms with van der Waals surface area (Å²) in [6.07, 6.45) is 8.76. The molecule has 4 nitrogen and oxygen atoms in total. The van der Waals surface area contributed by atoms with Gasteiger partial charge in [-0.25, -0.2) is 0 Å². The Morgan fingerprint density at radius 1 is 0.850 bits per heavy atom. The molecule has 1 atom stereocenters. The molecule has 3 fully saturated rings. The number of nitrogens with one attached hydrogen (secondary N) is 1. The van der Waals surface area contributed by atoms with Crippen LogP contribution in [0.3, 0.4) is 0 Å². The van der Waals surface area contributed by atoms with Crippen LogP contribution in [0.25, 0.3) is 0 Å². The van der Waals surface area contributed by atoms with Crippen LogP contribution in [0.2, 0.25) is 0 Å². The van der Waals surface area contributed by atoms with Crippen molar-refractivity contribution in [2.24, 2.45) is 0 Å². The molecule has 3 rings (SSSR count). The highest BCUT2D eigenvalue weighted by Crippen LogP contribution is 2.04. The van der Waals surface area contributed by atoms with Gasteiger partial charge in [-0.15, -0.1) is 0 Å². The Bertz CT molecular complexity index is 208. The molecule has 0 spiro atoms. The van der Waals surface area contributed by atoms with E-state index in [1.165, 1.54) is 64.7 Å². The lowest BCUT2D eigenvalue weighted by atomic mass is 10.1. The molecule has 0 aromatic carbocycles. The topological polar surface area (TPSA) is 27.7 Å². The highest BCUT2D eigenvalue weighted by atomic mass is 16.5. The Balaban J connectivity index is 0.000000151. The molecule has 0 saturated carbocycles. The summed E-state index contributed by atoms with van der Waals surface area (Å²) in [6, 6.07) is 0. The van der Waals surface area contributed by atoms with E-state index < -0.39 is 0 Å². The predicted molar refractivity (Wildman–Crippen MR) is 86.4 cm³/mol. The van der Waals surface area contributed by atoms with Crippen molar-refractivity contribution in [3.63, 3.8) is 0 Å². The molecule has 20 heavy (non-hydrogen) atoms. The molecule has 3 saturated heterocycles. The van der Waals surface area contributed by atoms with Gasteiger partial charge in [-0.3, -0.25) is 0 Å². The number of nitrogens with zero attached hydrogens (tertiary/aromatic N) is 2.